The van der Waals surface area contributed by atoms with Crippen LogP contribution in [0.25, 0.3) is 16.9 Å². The first-order valence-electron chi connectivity index (χ1n) is 11.3. The van der Waals surface area contributed by atoms with Crippen LogP contribution in [0.2, 0.25) is 0 Å². The topological polar surface area (TPSA) is 74.0 Å². The van der Waals surface area contributed by atoms with E-state index in [2.05, 4.69) is 15.3 Å². The number of ether oxygens (including phenoxy) is 1. The van der Waals surface area contributed by atoms with E-state index in [9.17, 15) is 13.6 Å². The molecule has 0 spiro atoms. The van der Waals surface area contributed by atoms with Crippen LogP contribution in [0.4, 0.5) is 14.7 Å². The van der Waals surface area contributed by atoms with Crippen LogP contribution in [0.1, 0.15) is 24.1 Å². The lowest BCUT2D eigenvalue weighted by Crippen LogP contribution is -2.24. The molecule has 2 heterocycles. The zero-order chi connectivity index (χ0) is 25.2. The van der Waals surface area contributed by atoms with Gasteiger partial charge in [-0.05, 0) is 36.8 Å². The number of hydrogen-bond donors (Lipinski definition) is 1. The van der Waals surface area contributed by atoms with Crippen molar-refractivity contribution in [3.8, 4) is 11.4 Å². The van der Waals surface area contributed by atoms with Gasteiger partial charge in [0.15, 0.2) is 5.65 Å². The number of anilines is 1. The molecule has 3 aromatic carbocycles. The summed E-state index contributed by atoms with van der Waals surface area (Å²) in [4.78, 5) is 22.6. The molecule has 0 saturated heterocycles. The van der Waals surface area contributed by atoms with E-state index in [-0.39, 0.29) is 18.2 Å². The van der Waals surface area contributed by atoms with Gasteiger partial charge in [0.25, 0.3) is 0 Å². The molecule has 9 heteroatoms. The molecule has 0 aliphatic carbocycles. The first kappa shape index (κ1) is 23.2. The Labute approximate surface area is 205 Å². The molecule has 5 aromatic rings. The molecular weight excluding hydrogens is 464 g/mol. The van der Waals surface area contributed by atoms with Gasteiger partial charge in [0.1, 0.15) is 22.9 Å². The molecule has 0 fully saturated rings. The number of halogens is 2. The molecule has 5 rings (SSSR count). The zero-order valence-electron chi connectivity index (χ0n) is 19.7. The third kappa shape index (κ3) is 4.31. The van der Waals surface area contributed by atoms with Crippen molar-refractivity contribution in [2.75, 3.05) is 12.4 Å². The summed E-state index contributed by atoms with van der Waals surface area (Å²) in [6.45, 7) is 1.66. The number of hydrogen-bond acceptors (Lipinski definition) is 5. The van der Waals surface area contributed by atoms with Gasteiger partial charge in [-0.3, -0.25) is 4.57 Å². The van der Waals surface area contributed by atoms with Crippen molar-refractivity contribution < 1.29 is 13.5 Å². The Balaban J connectivity index is 1.66. The summed E-state index contributed by atoms with van der Waals surface area (Å²) >= 11 is 0. The molecule has 0 saturated carbocycles. The summed E-state index contributed by atoms with van der Waals surface area (Å²) in [6.07, 6.45) is 1.49. The highest BCUT2D eigenvalue weighted by atomic mass is 19.1. The van der Waals surface area contributed by atoms with E-state index in [0.29, 0.717) is 28.5 Å². The number of fused-ring (bicyclic) bond motifs is 1. The third-order valence-electron chi connectivity index (χ3n) is 6.01. The number of benzene rings is 3. The monoisotopic (exact) mass is 487 g/mol. The average molecular weight is 488 g/mol. The van der Waals surface area contributed by atoms with Gasteiger partial charge in [-0.15, -0.1) is 0 Å². The molecular formula is C27H23F2N5O2. The molecule has 1 atom stereocenters. The zero-order valence-corrected chi connectivity index (χ0v) is 19.7. The van der Waals surface area contributed by atoms with Crippen LogP contribution in [0.15, 0.2) is 83.8 Å². The van der Waals surface area contributed by atoms with E-state index < -0.39 is 17.3 Å². The number of nitrogens with zero attached hydrogens (tertiary/aromatic N) is 4. The first-order valence-corrected chi connectivity index (χ1v) is 11.3. The summed E-state index contributed by atoms with van der Waals surface area (Å²) in [7, 11) is 1.53. The fourth-order valence-electron chi connectivity index (χ4n) is 4.10. The molecule has 2 aromatic heterocycles. The summed E-state index contributed by atoms with van der Waals surface area (Å²) < 4.78 is 36.9. The third-order valence-corrected chi connectivity index (χ3v) is 6.01. The molecule has 182 valence electrons. The van der Waals surface area contributed by atoms with Crippen molar-refractivity contribution >= 4 is 17.1 Å². The minimum absolute atomic E-state index is 0.102. The molecule has 1 unspecified atom stereocenters. The number of aromatic nitrogens is 4. The second-order valence-electron chi connectivity index (χ2n) is 8.28. The Morgan fingerprint density at radius 1 is 1.00 bits per heavy atom. The van der Waals surface area contributed by atoms with Crippen LogP contribution in [-0.4, -0.2) is 26.2 Å². The molecule has 36 heavy (non-hydrogen) atoms. The van der Waals surface area contributed by atoms with Crippen LogP contribution in [-0.2, 0) is 6.54 Å². The van der Waals surface area contributed by atoms with Crippen molar-refractivity contribution in [1.82, 2.24) is 19.1 Å². The van der Waals surface area contributed by atoms with Crippen LogP contribution in [0.3, 0.4) is 0 Å². The fraction of sp³-hybridized carbons (Fsp3) is 0.148. The summed E-state index contributed by atoms with van der Waals surface area (Å²) in [6, 6.07) is 20.2. The summed E-state index contributed by atoms with van der Waals surface area (Å²) in [5, 5.41) is 3.26. The van der Waals surface area contributed by atoms with Gasteiger partial charge in [-0.2, -0.15) is 4.98 Å². The maximum absolute atomic E-state index is 14.4. The van der Waals surface area contributed by atoms with E-state index in [0.717, 1.165) is 17.7 Å². The number of methoxy groups -OCH3 is 1. The van der Waals surface area contributed by atoms with Gasteiger partial charge in [0, 0.05) is 11.6 Å². The lowest BCUT2D eigenvalue weighted by Gasteiger charge is -2.14. The normalized spacial score (nSPS) is 12.0. The minimum Gasteiger partial charge on any atom is -0.497 e. The van der Waals surface area contributed by atoms with Gasteiger partial charge in [0.2, 0.25) is 5.95 Å². The molecule has 0 aliphatic rings. The minimum atomic E-state index is -0.736. The summed E-state index contributed by atoms with van der Waals surface area (Å²) in [5.41, 5.74) is 1.44. The highest BCUT2D eigenvalue weighted by Crippen LogP contribution is 2.23. The lowest BCUT2D eigenvalue weighted by atomic mass is 10.1. The Morgan fingerprint density at radius 2 is 1.72 bits per heavy atom. The quantitative estimate of drug-likeness (QED) is 0.346. The molecule has 7 nitrogen and oxygen atoms in total. The second-order valence-corrected chi connectivity index (χ2v) is 8.28. The molecule has 0 bridgehead atoms. The van der Waals surface area contributed by atoms with E-state index in [1.807, 2.05) is 37.3 Å². The van der Waals surface area contributed by atoms with Gasteiger partial charge in [-0.25, -0.2) is 23.1 Å². The highest BCUT2D eigenvalue weighted by molar-refractivity contribution is 5.74. The standard InChI is InChI=1S/C27H23F2N5O2/c1-17(18-8-4-3-5-9-18)31-26-30-15-24-25(32-26)34(19-10-6-11-20(14-19)36-2)27(35)33(24)16-21-22(28)12-7-13-23(21)29/h3-15,17H,16H2,1-2H3,(H,30,31,32). The van der Waals surface area contributed by atoms with Gasteiger partial charge in [0.05, 0.1) is 31.6 Å². The van der Waals surface area contributed by atoms with Crippen LogP contribution >= 0.6 is 0 Å². The van der Waals surface area contributed by atoms with E-state index >= 15 is 0 Å². The van der Waals surface area contributed by atoms with Gasteiger partial charge < -0.3 is 10.1 Å². The molecule has 1 N–H and O–H groups in total. The predicted octanol–water partition coefficient (Wildman–Crippen LogP) is 5.09. The Morgan fingerprint density at radius 3 is 2.44 bits per heavy atom. The first-order chi connectivity index (χ1) is 17.5. The highest BCUT2D eigenvalue weighted by Gasteiger charge is 2.21. The molecule has 0 radical (unpaired) electrons. The largest absolute Gasteiger partial charge is 0.497 e. The van der Waals surface area contributed by atoms with Gasteiger partial charge in [-0.1, -0.05) is 42.5 Å². The maximum Gasteiger partial charge on any atom is 0.335 e. The van der Waals surface area contributed by atoms with Crippen molar-refractivity contribution in [3.63, 3.8) is 0 Å². The fourth-order valence-corrected chi connectivity index (χ4v) is 4.10. The molecule has 0 aliphatic heterocycles. The van der Waals surface area contributed by atoms with Crippen LogP contribution in [0, 0.1) is 11.6 Å². The van der Waals surface area contributed by atoms with E-state index in [1.165, 1.54) is 28.5 Å². The Hall–Kier alpha value is -4.53. The van der Waals surface area contributed by atoms with Crippen LogP contribution < -0.4 is 15.7 Å². The van der Waals surface area contributed by atoms with Gasteiger partial charge >= 0.3 is 5.69 Å². The maximum atomic E-state index is 14.4. The van der Waals surface area contributed by atoms with Crippen molar-refractivity contribution in [2.24, 2.45) is 0 Å². The van der Waals surface area contributed by atoms with Crippen molar-refractivity contribution in [2.45, 2.75) is 19.5 Å². The second kappa shape index (κ2) is 9.61. The predicted molar refractivity (Wildman–Crippen MR) is 134 cm³/mol. The van der Waals surface area contributed by atoms with E-state index in [1.54, 1.807) is 24.3 Å². The lowest BCUT2D eigenvalue weighted by molar-refractivity contribution is 0.414. The SMILES string of the molecule is COc1cccc(-n2c(=O)n(Cc3c(F)cccc3F)c3cnc(NC(C)c4ccccc4)nc32)c1. The van der Waals surface area contributed by atoms with E-state index in [4.69, 9.17) is 4.74 Å². The van der Waals surface area contributed by atoms with Crippen molar-refractivity contribution in [1.29, 1.82) is 0 Å². The molecule has 0 amide bonds. The average Bonchev–Trinajstić information content (AvgIpc) is 3.17. The Bertz CT molecular complexity index is 1580. The Kier molecular flexibility index (Phi) is 6.20. The van der Waals surface area contributed by atoms with Crippen LogP contribution in [0.5, 0.6) is 5.75 Å². The number of rotatable bonds is 7. The smallest absolute Gasteiger partial charge is 0.335 e. The number of imidazole rings is 1. The summed E-state index contributed by atoms with van der Waals surface area (Å²) in [5.74, 6) is -0.615. The number of nitrogens with one attached hydrogen (secondary N) is 1. The van der Waals surface area contributed by atoms with Crippen molar-refractivity contribution in [3.05, 3.63) is 112 Å².